The van der Waals surface area contributed by atoms with E-state index in [9.17, 15) is 0 Å². The molecule has 4 aliphatic carbocycles. The molecule has 0 radical (unpaired) electrons. The van der Waals surface area contributed by atoms with Crippen LogP contribution >= 0.6 is 0 Å². The van der Waals surface area contributed by atoms with Crippen LogP contribution < -0.4 is 0 Å². The highest BCUT2D eigenvalue weighted by molar-refractivity contribution is 5.15. The lowest BCUT2D eigenvalue weighted by Crippen LogP contribution is -2.24. The Morgan fingerprint density at radius 2 is 0.564 bits per heavy atom. The van der Waals surface area contributed by atoms with Gasteiger partial charge in [0, 0.05) is 0 Å². The Balaban J connectivity index is 1.33. The van der Waals surface area contributed by atoms with E-state index < -0.39 is 0 Å². The lowest BCUT2D eigenvalue weighted by Gasteiger charge is -2.37. The molecule has 0 N–H and O–H groups in total. The molecular formula is C54H98O. The van der Waals surface area contributed by atoms with Crippen molar-refractivity contribution in [3.8, 4) is 0 Å². The summed E-state index contributed by atoms with van der Waals surface area (Å²) in [5.41, 5.74) is 3.71. The minimum Gasteiger partial charge on any atom is -0.373 e. The highest BCUT2D eigenvalue weighted by atomic mass is 16.5. The van der Waals surface area contributed by atoms with E-state index in [1.54, 1.807) is 0 Å². The molecule has 0 atom stereocenters. The largest absolute Gasteiger partial charge is 0.373 e. The molecule has 1 heteroatoms. The first-order valence-electron chi connectivity index (χ1n) is 26.1. The summed E-state index contributed by atoms with van der Waals surface area (Å²) in [6.45, 7) is 11.1. The van der Waals surface area contributed by atoms with E-state index in [1.807, 2.05) is 11.1 Å². The van der Waals surface area contributed by atoms with Gasteiger partial charge in [0.05, 0.1) is 13.2 Å². The second-order valence-corrected chi connectivity index (χ2v) is 20.2. The van der Waals surface area contributed by atoms with Gasteiger partial charge in [0.25, 0.3) is 0 Å². The quantitative estimate of drug-likeness (QED) is 0.0570. The Kier molecular flexibility index (Phi) is 25.4. The van der Waals surface area contributed by atoms with Crippen LogP contribution in [0.1, 0.15) is 259 Å². The van der Waals surface area contributed by atoms with Crippen molar-refractivity contribution >= 4 is 0 Å². The molecule has 320 valence electrons. The summed E-state index contributed by atoms with van der Waals surface area (Å²) < 4.78 is 6.69. The number of rotatable bonds is 28. The fourth-order valence-corrected chi connectivity index (χ4v) is 12.3. The molecule has 0 aliphatic heterocycles. The van der Waals surface area contributed by atoms with Crippen molar-refractivity contribution in [2.24, 2.45) is 47.3 Å². The Hall–Kier alpha value is -0.560. The predicted molar refractivity (Wildman–Crippen MR) is 244 cm³/mol. The van der Waals surface area contributed by atoms with Crippen LogP contribution in [-0.2, 0) is 4.74 Å². The fraction of sp³-hybridized carbons (Fsp3) is 0.926. The van der Waals surface area contributed by atoms with Crippen LogP contribution in [0.25, 0.3) is 0 Å². The van der Waals surface area contributed by atoms with Gasteiger partial charge in [0.1, 0.15) is 0 Å². The van der Waals surface area contributed by atoms with Crippen molar-refractivity contribution in [2.45, 2.75) is 259 Å². The summed E-state index contributed by atoms with van der Waals surface area (Å²) in [4.78, 5) is 0. The molecule has 0 aromatic heterocycles. The maximum Gasteiger partial charge on any atom is 0.0654 e. The van der Waals surface area contributed by atoms with Gasteiger partial charge in [-0.3, -0.25) is 0 Å². The third-order valence-corrected chi connectivity index (χ3v) is 16.0. The summed E-state index contributed by atoms with van der Waals surface area (Å²) in [5, 5.41) is 0. The lowest BCUT2D eigenvalue weighted by molar-refractivity contribution is 0.183. The molecule has 4 rings (SSSR count). The van der Waals surface area contributed by atoms with Crippen molar-refractivity contribution < 1.29 is 4.74 Å². The number of allylic oxidation sites excluding steroid dienone is 2. The van der Waals surface area contributed by atoms with Gasteiger partial charge in [-0.15, -0.1) is 0 Å². The summed E-state index contributed by atoms with van der Waals surface area (Å²) in [7, 11) is 0. The van der Waals surface area contributed by atoms with Gasteiger partial charge in [-0.05, 0) is 150 Å². The molecule has 0 bridgehead atoms. The van der Waals surface area contributed by atoms with Crippen LogP contribution in [0.4, 0.5) is 0 Å². The Bertz CT molecular complexity index is 881. The number of unbranched alkanes of at least 4 members (excludes halogenated alkanes) is 12. The highest BCUT2D eigenvalue weighted by Crippen LogP contribution is 2.45. The first-order valence-corrected chi connectivity index (χ1v) is 26.1. The lowest BCUT2D eigenvalue weighted by atomic mass is 9.69. The molecule has 1 nitrogen and oxygen atoms in total. The maximum absolute atomic E-state index is 6.69. The van der Waals surface area contributed by atoms with Crippen molar-refractivity contribution in [1.29, 1.82) is 0 Å². The third-order valence-electron chi connectivity index (χ3n) is 16.0. The van der Waals surface area contributed by atoms with Crippen LogP contribution in [-0.4, -0.2) is 13.2 Å². The molecule has 0 spiro atoms. The third kappa shape index (κ3) is 18.5. The molecule has 4 saturated carbocycles. The second-order valence-electron chi connectivity index (χ2n) is 20.2. The van der Waals surface area contributed by atoms with Crippen molar-refractivity contribution in [3.63, 3.8) is 0 Å². The van der Waals surface area contributed by atoms with Crippen LogP contribution in [0.5, 0.6) is 0 Å². The van der Waals surface area contributed by atoms with E-state index >= 15 is 0 Å². The standard InChI is InChI=1S/C54H98O/c1-5-9-13-15-19-23-47-29-37-51(38-30-47)53(49-33-25-45(26-34-49)21-17-11-7-3)41-43-55-44-42-54(50-35-27-46(28-36-50)22-18-12-8-4)52-39-31-48(32-40-52)24-20-16-14-10-6-2/h41-42,45-52H,5-40,43-44H2,1-4H3. The van der Waals surface area contributed by atoms with E-state index in [-0.39, 0.29) is 0 Å². The van der Waals surface area contributed by atoms with Gasteiger partial charge in [-0.2, -0.15) is 0 Å². The Morgan fingerprint density at radius 1 is 0.327 bits per heavy atom. The molecule has 0 heterocycles. The average Bonchev–Trinajstić information content (AvgIpc) is 3.22. The minimum atomic E-state index is 0.835. The molecule has 0 amide bonds. The maximum atomic E-state index is 6.69. The SMILES string of the molecule is CCCCCCCC1CCC(C(=CCOCC=C(C2CCC(CCCCC)CC2)C2CCC(CCCCCCC)CC2)C2CCC(CCCCC)CC2)CC1. The van der Waals surface area contributed by atoms with Gasteiger partial charge in [-0.25, -0.2) is 0 Å². The van der Waals surface area contributed by atoms with E-state index in [1.165, 1.54) is 231 Å². The normalized spacial score (nSPS) is 29.8. The van der Waals surface area contributed by atoms with Crippen LogP contribution in [0, 0.1) is 47.3 Å². The first-order chi connectivity index (χ1) is 27.1. The van der Waals surface area contributed by atoms with Gasteiger partial charge in [0.2, 0.25) is 0 Å². The minimum absolute atomic E-state index is 0.835. The highest BCUT2D eigenvalue weighted by Gasteiger charge is 2.32. The summed E-state index contributed by atoms with van der Waals surface area (Å²) in [6, 6.07) is 0. The van der Waals surface area contributed by atoms with E-state index in [4.69, 9.17) is 4.74 Å². The molecule has 0 aromatic carbocycles. The zero-order valence-electron chi connectivity index (χ0n) is 38.1. The Labute approximate surface area is 346 Å². The van der Waals surface area contributed by atoms with Gasteiger partial charge >= 0.3 is 0 Å². The van der Waals surface area contributed by atoms with Gasteiger partial charge in [0.15, 0.2) is 0 Å². The number of hydrogen-bond donors (Lipinski definition) is 0. The topological polar surface area (TPSA) is 9.23 Å². The van der Waals surface area contributed by atoms with Crippen LogP contribution in [0.2, 0.25) is 0 Å². The van der Waals surface area contributed by atoms with Crippen molar-refractivity contribution in [3.05, 3.63) is 23.3 Å². The second kappa shape index (κ2) is 29.6. The molecule has 0 unspecified atom stereocenters. The van der Waals surface area contributed by atoms with Gasteiger partial charge in [-0.1, -0.05) is 179 Å². The molecule has 55 heavy (non-hydrogen) atoms. The van der Waals surface area contributed by atoms with E-state index in [0.29, 0.717) is 0 Å². The van der Waals surface area contributed by atoms with Crippen molar-refractivity contribution in [2.75, 3.05) is 13.2 Å². The number of ether oxygens (including phenoxy) is 1. The van der Waals surface area contributed by atoms with E-state index in [0.717, 1.165) is 60.6 Å². The molecule has 4 aliphatic rings. The predicted octanol–water partition coefficient (Wildman–Crippen LogP) is 18.0. The molecule has 0 saturated heterocycles. The average molecular weight is 763 g/mol. The molecule has 4 fully saturated rings. The summed E-state index contributed by atoms with van der Waals surface area (Å²) >= 11 is 0. The van der Waals surface area contributed by atoms with Crippen LogP contribution in [0.3, 0.4) is 0 Å². The zero-order valence-corrected chi connectivity index (χ0v) is 38.1. The zero-order chi connectivity index (χ0) is 38.8. The number of hydrogen-bond acceptors (Lipinski definition) is 1. The summed E-state index contributed by atoms with van der Waals surface area (Å²) in [5.74, 6) is 7.34. The smallest absolute Gasteiger partial charge is 0.0654 e. The van der Waals surface area contributed by atoms with E-state index in [2.05, 4.69) is 39.8 Å². The molecule has 0 aromatic rings. The van der Waals surface area contributed by atoms with Gasteiger partial charge < -0.3 is 4.74 Å². The molecular weight excluding hydrogens is 665 g/mol. The summed E-state index contributed by atoms with van der Waals surface area (Å²) in [6.07, 6.45) is 57.7. The monoisotopic (exact) mass is 763 g/mol. The van der Waals surface area contributed by atoms with Crippen molar-refractivity contribution in [1.82, 2.24) is 0 Å². The fourth-order valence-electron chi connectivity index (χ4n) is 12.3. The van der Waals surface area contributed by atoms with Crippen LogP contribution in [0.15, 0.2) is 23.3 Å². The first kappa shape index (κ1) is 47.1. The Morgan fingerprint density at radius 3 is 0.836 bits per heavy atom.